The molecule has 0 atom stereocenters. The van der Waals surface area contributed by atoms with Crippen molar-refractivity contribution in [2.24, 2.45) is 7.05 Å². The molecule has 1 aromatic carbocycles. The Morgan fingerprint density at radius 3 is 2.68 bits per heavy atom. The molecule has 6 heteroatoms. The van der Waals surface area contributed by atoms with Gasteiger partial charge in [-0.1, -0.05) is 17.7 Å². The lowest BCUT2D eigenvalue weighted by Gasteiger charge is -2.08. The number of aryl methyl sites for hydroxylation is 3. The third-order valence-electron chi connectivity index (χ3n) is 3.24. The number of anilines is 1. The van der Waals surface area contributed by atoms with Gasteiger partial charge in [0, 0.05) is 12.1 Å². The van der Waals surface area contributed by atoms with Crippen molar-refractivity contribution in [3.8, 4) is 5.69 Å². The van der Waals surface area contributed by atoms with Gasteiger partial charge in [0.25, 0.3) is 0 Å². The van der Waals surface area contributed by atoms with Crippen LogP contribution in [0.5, 0.6) is 0 Å². The topological polar surface area (TPSA) is 61.7 Å². The minimum absolute atomic E-state index is 0.436. The van der Waals surface area contributed by atoms with Crippen molar-refractivity contribution >= 4 is 28.7 Å². The molecule has 0 aliphatic heterocycles. The first-order valence-corrected chi connectivity index (χ1v) is 6.31. The third kappa shape index (κ3) is 1.69. The van der Waals surface area contributed by atoms with Gasteiger partial charge in [-0.15, -0.1) is 0 Å². The van der Waals surface area contributed by atoms with Crippen LogP contribution < -0.4 is 5.73 Å². The number of aromatic nitrogens is 4. The van der Waals surface area contributed by atoms with Crippen molar-refractivity contribution in [1.82, 2.24) is 19.3 Å². The molecule has 0 aliphatic carbocycles. The summed E-state index contributed by atoms with van der Waals surface area (Å²) in [5, 5.41) is 5.07. The van der Waals surface area contributed by atoms with Crippen LogP contribution in [0.4, 0.5) is 5.95 Å². The SMILES string of the molecule is Cc1ccc(-n2c(N)nc3c(C)nn(C)c32)cc1Cl. The highest BCUT2D eigenvalue weighted by Gasteiger charge is 2.17. The Bertz CT molecular complexity index is 784. The summed E-state index contributed by atoms with van der Waals surface area (Å²) in [6, 6.07) is 5.82. The van der Waals surface area contributed by atoms with Crippen LogP contribution in [-0.2, 0) is 7.05 Å². The Hall–Kier alpha value is -2.01. The van der Waals surface area contributed by atoms with Gasteiger partial charge in [-0.25, -0.2) is 9.67 Å². The molecule has 3 aromatic rings. The minimum Gasteiger partial charge on any atom is -0.369 e. The summed E-state index contributed by atoms with van der Waals surface area (Å²) in [6.45, 7) is 3.88. The van der Waals surface area contributed by atoms with E-state index < -0.39 is 0 Å². The first-order valence-electron chi connectivity index (χ1n) is 5.93. The molecule has 0 bridgehead atoms. The molecule has 0 saturated heterocycles. The van der Waals surface area contributed by atoms with Crippen LogP contribution in [-0.4, -0.2) is 19.3 Å². The lowest BCUT2D eigenvalue weighted by molar-refractivity contribution is 0.762. The van der Waals surface area contributed by atoms with Crippen LogP contribution >= 0.6 is 11.6 Å². The fourth-order valence-electron chi connectivity index (χ4n) is 2.26. The second-order valence-electron chi connectivity index (χ2n) is 4.62. The van der Waals surface area contributed by atoms with Gasteiger partial charge in [-0.3, -0.25) is 4.57 Å². The lowest BCUT2D eigenvalue weighted by Crippen LogP contribution is -2.05. The highest BCUT2D eigenvalue weighted by molar-refractivity contribution is 6.31. The van der Waals surface area contributed by atoms with Gasteiger partial charge in [0.2, 0.25) is 5.95 Å². The molecule has 0 spiro atoms. The van der Waals surface area contributed by atoms with E-state index in [1.807, 2.05) is 43.7 Å². The number of rotatable bonds is 1. The summed E-state index contributed by atoms with van der Waals surface area (Å²) in [5.41, 5.74) is 10.5. The zero-order valence-corrected chi connectivity index (χ0v) is 11.7. The molecule has 5 nitrogen and oxygen atoms in total. The number of fused-ring (bicyclic) bond motifs is 1. The number of nitrogens with zero attached hydrogens (tertiary/aromatic N) is 4. The van der Waals surface area contributed by atoms with E-state index in [2.05, 4.69) is 10.1 Å². The van der Waals surface area contributed by atoms with Gasteiger partial charge in [0.05, 0.1) is 11.4 Å². The molecule has 0 amide bonds. The molecule has 2 N–H and O–H groups in total. The second kappa shape index (κ2) is 3.99. The molecule has 0 saturated carbocycles. The van der Waals surface area contributed by atoms with Gasteiger partial charge < -0.3 is 5.73 Å². The zero-order valence-electron chi connectivity index (χ0n) is 11.0. The summed E-state index contributed by atoms with van der Waals surface area (Å²) in [5.74, 6) is 0.436. The third-order valence-corrected chi connectivity index (χ3v) is 3.65. The molecule has 0 aliphatic rings. The number of imidazole rings is 1. The number of nitrogens with two attached hydrogens (primary N) is 1. The van der Waals surface area contributed by atoms with E-state index in [0.29, 0.717) is 11.0 Å². The summed E-state index contributed by atoms with van der Waals surface area (Å²) in [6.07, 6.45) is 0. The Kier molecular flexibility index (Phi) is 2.53. The maximum Gasteiger partial charge on any atom is 0.207 e. The fraction of sp³-hybridized carbons (Fsp3) is 0.231. The molecule has 2 heterocycles. The molecule has 3 rings (SSSR count). The van der Waals surface area contributed by atoms with E-state index in [9.17, 15) is 0 Å². The predicted molar refractivity (Wildman–Crippen MR) is 76.7 cm³/mol. The summed E-state index contributed by atoms with van der Waals surface area (Å²) < 4.78 is 3.64. The van der Waals surface area contributed by atoms with Crippen LogP contribution in [0.25, 0.3) is 16.9 Å². The van der Waals surface area contributed by atoms with Crippen molar-refractivity contribution in [3.63, 3.8) is 0 Å². The molecular formula is C13H14ClN5. The van der Waals surface area contributed by atoms with Crippen LogP contribution in [0.1, 0.15) is 11.3 Å². The molecule has 0 unspecified atom stereocenters. The molecule has 98 valence electrons. The van der Waals surface area contributed by atoms with Gasteiger partial charge in [0.15, 0.2) is 5.65 Å². The summed E-state index contributed by atoms with van der Waals surface area (Å²) in [7, 11) is 1.88. The summed E-state index contributed by atoms with van der Waals surface area (Å²) in [4.78, 5) is 4.38. The monoisotopic (exact) mass is 275 g/mol. The largest absolute Gasteiger partial charge is 0.369 e. The fourth-order valence-corrected chi connectivity index (χ4v) is 2.44. The average Bonchev–Trinajstić information content (AvgIpc) is 2.82. The first-order chi connectivity index (χ1) is 8.99. The average molecular weight is 276 g/mol. The van der Waals surface area contributed by atoms with Crippen molar-refractivity contribution in [3.05, 3.63) is 34.5 Å². The number of nitrogen functional groups attached to an aromatic ring is 1. The Balaban J connectivity index is 2.35. The van der Waals surface area contributed by atoms with E-state index in [-0.39, 0.29) is 0 Å². The number of hydrogen-bond acceptors (Lipinski definition) is 3. The minimum atomic E-state index is 0.436. The molecular weight excluding hydrogens is 262 g/mol. The van der Waals surface area contributed by atoms with Crippen molar-refractivity contribution in [2.75, 3.05) is 5.73 Å². The van der Waals surface area contributed by atoms with Gasteiger partial charge in [-0.05, 0) is 31.5 Å². The molecule has 19 heavy (non-hydrogen) atoms. The molecule has 0 radical (unpaired) electrons. The first kappa shape index (κ1) is 12.0. The second-order valence-corrected chi connectivity index (χ2v) is 5.03. The van der Waals surface area contributed by atoms with Crippen LogP contribution in [0.2, 0.25) is 5.02 Å². The zero-order chi connectivity index (χ0) is 13.7. The number of halogens is 1. The summed E-state index contributed by atoms with van der Waals surface area (Å²) >= 11 is 6.18. The van der Waals surface area contributed by atoms with Gasteiger partial charge in [-0.2, -0.15) is 5.10 Å². The highest BCUT2D eigenvalue weighted by Crippen LogP contribution is 2.27. The number of benzene rings is 1. The predicted octanol–water partition coefficient (Wildman–Crippen LogP) is 2.61. The Morgan fingerprint density at radius 2 is 2.00 bits per heavy atom. The van der Waals surface area contributed by atoms with E-state index in [1.165, 1.54) is 0 Å². The standard InChI is InChI=1S/C13H14ClN5/c1-7-4-5-9(6-10(7)14)19-12-11(16-13(19)15)8(2)17-18(12)3/h4-6H,1-3H3,(H2,15,16). The number of hydrogen-bond donors (Lipinski definition) is 1. The smallest absolute Gasteiger partial charge is 0.207 e. The quantitative estimate of drug-likeness (QED) is 0.742. The van der Waals surface area contributed by atoms with E-state index >= 15 is 0 Å². The maximum atomic E-state index is 6.18. The van der Waals surface area contributed by atoms with E-state index in [1.54, 1.807) is 4.68 Å². The molecule has 0 fully saturated rings. The van der Waals surface area contributed by atoms with E-state index in [4.69, 9.17) is 17.3 Å². The van der Waals surface area contributed by atoms with Crippen molar-refractivity contribution < 1.29 is 0 Å². The van der Waals surface area contributed by atoms with Crippen LogP contribution in [0.3, 0.4) is 0 Å². The Morgan fingerprint density at radius 1 is 1.26 bits per heavy atom. The maximum absolute atomic E-state index is 6.18. The highest BCUT2D eigenvalue weighted by atomic mass is 35.5. The molecule has 2 aromatic heterocycles. The van der Waals surface area contributed by atoms with Crippen molar-refractivity contribution in [2.45, 2.75) is 13.8 Å². The van der Waals surface area contributed by atoms with Crippen LogP contribution in [0, 0.1) is 13.8 Å². The van der Waals surface area contributed by atoms with Gasteiger partial charge >= 0.3 is 0 Å². The lowest BCUT2D eigenvalue weighted by atomic mass is 10.2. The van der Waals surface area contributed by atoms with Crippen molar-refractivity contribution in [1.29, 1.82) is 0 Å². The van der Waals surface area contributed by atoms with E-state index in [0.717, 1.165) is 28.1 Å². The normalized spacial score (nSPS) is 11.4. The van der Waals surface area contributed by atoms with Gasteiger partial charge in [0.1, 0.15) is 5.52 Å². The van der Waals surface area contributed by atoms with Crippen LogP contribution in [0.15, 0.2) is 18.2 Å². The Labute approximate surface area is 115 Å².